The lowest BCUT2D eigenvalue weighted by molar-refractivity contribution is -0.145. The number of hydrogen-bond acceptors (Lipinski definition) is 3. The van der Waals surface area contributed by atoms with Crippen LogP contribution < -0.4 is 0 Å². The van der Waals surface area contributed by atoms with Crippen molar-refractivity contribution in [3.8, 4) is 0 Å². The second-order valence-corrected chi connectivity index (χ2v) is 9.58. The SMILES string of the molecule is CC(=O)COC(=O)C[Si](C)(C)C. The minimum Gasteiger partial charge on any atom is -0.458 e. The first kappa shape index (κ1) is 11.4. The zero-order chi connectivity index (χ0) is 9.78. The first-order chi connectivity index (χ1) is 5.31. The summed E-state index contributed by atoms with van der Waals surface area (Å²) in [6.07, 6.45) is 0. The van der Waals surface area contributed by atoms with Crippen molar-refractivity contribution in [1.29, 1.82) is 0 Å². The molecule has 0 saturated heterocycles. The summed E-state index contributed by atoms with van der Waals surface area (Å²) in [6.45, 7) is 7.58. The van der Waals surface area contributed by atoms with Gasteiger partial charge in [-0.1, -0.05) is 19.6 Å². The van der Waals surface area contributed by atoms with Gasteiger partial charge in [0.2, 0.25) is 0 Å². The van der Waals surface area contributed by atoms with E-state index in [1.165, 1.54) is 6.92 Å². The average Bonchev–Trinajstić information content (AvgIpc) is 1.79. The van der Waals surface area contributed by atoms with Crippen molar-refractivity contribution in [1.82, 2.24) is 0 Å². The fourth-order valence-electron chi connectivity index (χ4n) is 0.666. The van der Waals surface area contributed by atoms with Gasteiger partial charge >= 0.3 is 5.97 Å². The zero-order valence-corrected chi connectivity index (χ0v) is 9.14. The van der Waals surface area contributed by atoms with Crippen molar-refractivity contribution < 1.29 is 14.3 Å². The number of ketones is 1. The molecule has 70 valence electrons. The molecule has 4 heteroatoms. The molecule has 0 saturated carbocycles. The van der Waals surface area contributed by atoms with E-state index in [0.717, 1.165) is 0 Å². The highest BCUT2D eigenvalue weighted by Gasteiger charge is 2.19. The van der Waals surface area contributed by atoms with Crippen LogP contribution in [0.2, 0.25) is 25.7 Å². The van der Waals surface area contributed by atoms with Gasteiger partial charge in [0.15, 0.2) is 5.78 Å². The minimum atomic E-state index is -1.38. The Kier molecular flexibility index (Phi) is 4.16. The Morgan fingerprint density at radius 3 is 2.08 bits per heavy atom. The van der Waals surface area contributed by atoms with Gasteiger partial charge in [0.1, 0.15) is 6.61 Å². The topological polar surface area (TPSA) is 43.4 Å². The van der Waals surface area contributed by atoms with Crippen LogP contribution in [-0.4, -0.2) is 26.4 Å². The summed E-state index contributed by atoms with van der Waals surface area (Å²) in [5.74, 6) is -0.358. The van der Waals surface area contributed by atoms with E-state index in [-0.39, 0.29) is 18.4 Å². The maximum Gasteiger partial charge on any atom is 0.303 e. The van der Waals surface area contributed by atoms with Gasteiger partial charge in [0.05, 0.1) is 8.07 Å². The van der Waals surface area contributed by atoms with E-state index in [4.69, 9.17) is 4.74 Å². The molecule has 0 unspecified atom stereocenters. The Labute approximate surface area is 74.1 Å². The fourth-order valence-corrected chi connectivity index (χ4v) is 1.63. The molecule has 0 aromatic carbocycles. The third-order valence-corrected chi connectivity index (χ3v) is 2.46. The molecule has 0 aromatic rings. The minimum absolute atomic E-state index is 0.0800. The Balaban J connectivity index is 3.68. The maximum absolute atomic E-state index is 11.0. The monoisotopic (exact) mass is 188 g/mol. The van der Waals surface area contributed by atoms with Crippen LogP contribution in [0, 0.1) is 0 Å². The average molecular weight is 188 g/mol. The summed E-state index contributed by atoms with van der Waals surface area (Å²) in [5, 5.41) is 0. The van der Waals surface area contributed by atoms with Crippen LogP contribution in [-0.2, 0) is 14.3 Å². The van der Waals surface area contributed by atoms with Crippen molar-refractivity contribution >= 4 is 19.8 Å². The third kappa shape index (κ3) is 7.46. The van der Waals surface area contributed by atoms with E-state index < -0.39 is 8.07 Å². The highest BCUT2D eigenvalue weighted by Crippen LogP contribution is 2.08. The van der Waals surface area contributed by atoms with E-state index in [1.807, 2.05) is 0 Å². The summed E-state index contributed by atoms with van der Waals surface area (Å²) in [4.78, 5) is 21.5. The number of esters is 1. The molecule has 0 amide bonds. The molecule has 0 aliphatic rings. The standard InChI is InChI=1S/C8H16O3Si/c1-7(9)5-11-8(10)6-12(2,3)4/h5-6H2,1-4H3. The lowest BCUT2D eigenvalue weighted by Gasteiger charge is -2.13. The second kappa shape index (κ2) is 4.40. The van der Waals surface area contributed by atoms with Gasteiger partial charge in [-0.05, 0) is 6.92 Å². The third-order valence-electron chi connectivity index (χ3n) is 1.11. The molecule has 0 radical (unpaired) electrons. The van der Waals surface area contributed by atoms with Crippen LogP contribution in [0.4, 0.5) is 0 Å². The predicted molar refractivity (Wildman–Crippen MR) is 49.8 cm³/mol. The van der Waals surface area contributed by atoms with Gasteiger partial charge in [-0.2, -0.15) is 0 Å². The smallest absolute Gasteiger partial charge is 0.303 e. The predicted octanol–water partition coefficient (Wildman–Crippen LogP) is 1.46. The maximum atomic E-state index is 11.0. The second-order valence-electron chi connectivity index (χ2n) is 4.10. The highest BCUT2D eigenvalue weighted by atomic mass is 28.3. The Hall–Kier alpha value is -0.643. The lowest BCUT2D eigenvalue weighted by atomic mass is 10.5. The molecule has 0 bridgehead atoms. The van der Waals surface area contributed by atoms with Gasteiger partial charge < -0.3 is 4.74 Å². The molecule has 0 aromatic heterocycles. The first-order valence-corrected chi connectivity index (χ1v) is 7.67. The number of hydrogen-bond donors (Lipinski definition) is 0. The molecular weight excluding hydrogens is 172 g/mol. The Morgan fingerprint density at radius 1 is 1.25 bits per heavy atom. The molecule has 0 fully saturated rings. The van der Waals surface area contributed by atoms with Crippen molar-refractivity contribution in [2.75, 3.05) is 6.61 Å². The zero-order valence-electron chi connectivity index (χ0n) is 8.14. The Morgan fingerprint density at radius 2 is 1.75 bits per heavy atom. The van der Waals surface area contributed by atoms with Crippen LogP contribution in [0.5, 0.6) is 0 Å². The molecule has 0 heterocycles. The van der Waals surface area contributed by atoms with Crippen LogP contribution in [0.1, 0.15) is 6.92 Å². The molecule has 0 spiro atoms. The van der Waals surface area contributed by atoms with E-state index in [1.54, 1.807) is 0 Å². The molecular formula is C8H16O3Si. The molecule has 0 atom stereocenters. The van der Waals surface area contributed by atoms with E-state index in [2.05, 4.69) is 19.6 Å². The van der Waals surface area contributed by atoms with Gasteiger partial charge in [0.25, 0.3) is 0 Å². The number of ether oxygens (including phenoxy) is 1. The normalized spacial score (nSPS) is 11.0. The largest absolute Gasteiger partial charge is 0.458 e. The van der Waals surface area contributed by atoms with Crippen molar-refractivity contribution in [2.24, 2.45) is 0 Å². The van der Waals surface area contributed by atoms with Gasteiger partial charge in [-0.3, -0.25) is 9.59 Å². The number of rotatable bonds is 4. The van der Waals surface area contributed by atoms with Crippen LogP contribution in [0.15, 0.2) is 0 Å². The van der Waals surface area contributed by atoms with E-state index >= 15 is 0 Å². The highest BCUT2D eigenvalue weighted by molar-refractivity contribution is 6.78. The van der Waals surface area contributed by atoms with Crippen LogP contribution >= 0.6 is 0 Å². The molecule has 0 aliphatic heterocycles. The summed E-state index contributed by atoms with van der Waals surface area (Å²) in [5.41, 5.74) is 0. The summed E-state index contributed by atoms with van der Waals surface area (Å²) in [7, 11) is -1.38. The van der Waals surface area contributed by atoms with Gasteiger partial charge in [-0.15, -0.1) is 0 Å². The molecule has 0 rings (SSSR count). The van der Waals surface area contributed by atoms with E-state index in [9.17, 15) is 9.59 Å². The van der Waals surface area contributed by atoms with Gasteiger partial charge in [-0.25, -0.2) is 0 Å². The quantitative estimate of drug-likeness (QED) is 0.495. The summed E-state index contributed by atoms with van der Waals surface area (Å²) < 4.78 is 4.73. The molecule has 12 heavy (non-hydrogen) atoms. The van der Waals surface area contributed by atoms with Crippen molar-refractivity contribution in [3.63, 3.8) is 0 Å². The number of carbonyl (C=O) groups excluding carboxylic acids is 2. The number of Topliss-reactive ketones (excluding diaryl/α,β-unsaturated/α-hetero) is 1. The molecule has 3 nitrogen and oxygen atoms in total. The molecule has 0 N–H and O–H groups in total. The Bertz CT molecular complexity index is 181. The molecule has 0 aliphatic carbocycles. The lowest BCUT2D eigenvalue weighted by Crippen LogP contribution is -2.26. The van der Waals surface area contributed by atoms with E-state index in [0.29, 0.717) is 6.04 Å². The van der Waals surface area contributed by atoms with Crippen LogP contribution in [0.25, 0.3) is 0 Å². The number of carbonyl (C=O) groups is 2. The summed E-state index contributed by atoms with van der Waals surface area (Å²) >= 11 is 0. The van der Waals surface area contributed by atoms with Gasteiger partial charge in [0, 0.05) is 6.04 Å². The first-order valence-electron chi connectivity index (χ1n) is 3.96. The fraction of sp³-hybridized carbons (Fsp3) is 0.750. The van der Waals surface area contributed by atoms with Crippen molar-refractivity contribution in [2.45, 2.75) is 32.6 Å². The van der Waals surface area contributed by atoms with Crippen molar-refractivity contribution in [3.05, 3.63) is 0 Å². The van der Waals surface area contributed by atoms with Crippen LogP contribution in [0.3, 0.4) is 0 Å². The summed E-state index contributed by atoms with van der Waals surface area (Å²) in [6, 6.07) is 0.486.